The van der Waals surface area contributed by atoms with Crippen LogP contribution in [0.15, 0.2) is 23.6 Å². The van der Waals surface area contributed by atoms with Crippen molar-refractivity contribution < 1.29 is 0 Å². The zero-order valence-electron chi connectivity index (χ0n) is 11.8. The number of nitrogens with zero attached hydrogens (tertiary/aromatic N) is 3. The molecule has 0 radical (unpaired) electrons. The summed E-state index contributed by atoms with van der Waals surface area (Å²) in [7, 11) is 0. The molecule has 0 unspecified atom stereocenters. The van der Waals surface area contributed by atoms with Gasteiger partial charge in [-0.15, -0.1) is 11.3 Å². The maximum absolute atomic E-state index is 9.45. The first-order valence-electron chi connectivity index (χ1n) is 6.86. The van der Waals surface area contributed by atoms with Crippen LogP contribution in [0, 0.1) is 25.2 Å². The zero-order valence-corrected chi connectivity index (χ0v) is 12.6. The number of pyridine rings is 1. The van der Waals surface area contributed by atoms with Gasteiger partial charge in [0.2, 0.25) is 0 Å². The van der Waals surface area contributed by atoms with E-state index in [0.717, 1.165) is 29.2 Å². The van der Waals surface area contributed by atoms with Gasteiger partial charge in [-0.1, -0.05) is 6.07 Å². The number of aromatic nitrogens is 1. The predicted octanol–water partition coefficient (Wildman–Crippen LogP) is 3.80. The lowest BCUT2D eigenvalue weighted by Crippen LogP contribution is -2.26. The van der Waals surface area contributed by atoms with Crippen molar-refractivity contribution in [3.8, 4) is 6.07 Å². The molecule has 0 N–H and O–H groups in total. The molecule has 1 aliphatic rings. The van der Waals surface area contributed by atoms with Crippen LogP contribution in [0.4, 0.5) is 5.69 Å². The number of rotatable bonds is 4. The molecule has 0 saturated heterocycles. The minimum absolute atomic E-state index is 0.574. The van der Waals surface area contributed by atoms with Gasteiger partial charge in [0.05, 0.1) is 23.5 Å². The lowest BCUT2D eigenvalue weighted by molar-refractivity contribution is 0.798. The van der Waals surface area contributed by atoms with Crippen LogP contribution < -0.4 is 4.90 Å². The Hall–Kier alpha value is -1.86. The molecular formula is C16H17N3S. The van der Waals surface area contributed by atoms with E-state index >= 15 is 0 Å². The molecule has 2 aromatic rings. The molecule has 3 nitrogen and oxygen atoms in total. The molecule has 2 heterocycles. The largest absolute Gasteiger partial charge is 0.362 e. The second-order valence-corrected chi connectivity index (χ2v) is 6.33. The Morgan fingerprint density at radius 3 is 2.85 bits per heavy atom. The highest BCUT2D eigenvalue weighted by molar-refractivity contribution is 7.09. The van der Waals surface area contributed by atoms with Crippen LogP contribution in [0.3, 0.4) is 0 Å². The fourth-order valence-electron chi connectivity index (χ4n) is 2.54. The third kappa shape index (κ3) is 2.54. The topological polar surface area (TPSA) is 39.9 Å². The van der Waals surface area contributed by atoms with Crippen LogP contribution in [0.5, 0.6) is 0 Å². The number of aryl methyl sites for hydroxylation is 2. The van der Waals surface area contributed by atoms with Crippen molar-refractivity contribution in [1.29, 1.82) is 5.26 Å². The van der Waals surface area contributed by atoms with Gasteiger partial charge in [-0.05, 0) is 44.2 Å². The third-order valence-electron chi connectivity index (χ3n) is 3.62. The highest BCUT2D eigenvalue weighted by Crippen LogP contribution is 2.36. The van der Waals surface area contributed by atoms with E-state index in [9.17, 15) is 5.26 Å². The molecule has 3 rings (SSSR count). The first kappa shape index (κ1) is 13.1. The van der Waals surface area contributed by atoms with E-state index < -0.39 is 0 Å². The minimum atomic E-state index is 0.574. The molecule has 1 fully saturated rings. The quantitative estimate of drug-likeness (QED) is 0.857. The van der Waals surface area contributed by atoms with Crippen molar-refractivity contribution in [1.82, 2.24) is 4.98 Å². The Kier molecular flexibility index (Phi) is 3.45. The number of hydrogen-bond acceptors (Lipinski definition) is 4. The highest BCUT2D eigenvalue weighted by Gasteiger charge is 2.31. The second-order valence-electron chi connectivity index (χ2n) is 5.29. The van der Waals surface area contributed by atoms with Crippen LogP contribution in [0.2, 0.25) is 0 Å². The Balaban J connectivity index is 2.01. The van der Waals surface area contributed by atoms with Gasteiger partial charge in [-0.3, -0.25) is 4.98 Å². The van der Waals surface area contributed by atoms with Gasteiger partial charge in [0.25, 0.3) is 0 Å². The molecule has 0 bridgehead atoms. The second kappa shape index (κ2) is 5.26. The van der Waals surface area contributed by atoms with Gasteiger partial charge in [0, 0.05) is 16.6 Å². The standard InChI is InChI=1S/C16H17N3S/c1-11-8-16(15(9-17)12(2)18-11)19(13-5-6-13)10-14-4-3-7-20-14/h3-4,7-8,13H,5-6,10H2,1-2H3. The van der Waals surface area contributed by atoms with E-state index in [-0.39, 0.29) is 0 Å². The Labute approximate surface area is 123 Å². The maximum atomic E-state index is 9.45. The van der Waals surface area contributed by atoms with Crippen molar-refractivity contribution in [2.24, 2.45) is 0 Å². The first-order chi connectivity index (χ1) is 9.69. The molecule has 2 aromatic heterocycles. The van der Waals surface area contributed by atoms with E-state index in [2.05, 4.69) is 39.5 Å². The van der Waals surface area contributed by atoms with Gasteiger partial charge in [0.1, 0.15) is 6.07 Å². The molecule has 1 aliphatic carbocycles. The summed E-state index contributed by atoms with van der Waals surface area (Å²) in [5.74, 6) is 0. The van der Waals surface area contributed by atoms with Crippen LogP contribution in [0.1, 0.15) is 34.7 Å². The van der Waals surface area contributed by atoms with E-state index in [1.807, 2.05) is 13.8 Å². The van der Waals surface area contributed by atoms with E-state index in [1.165, 1.54) is 17.7 Å². The van der Waals surface area contributed by atoms with Crippen molar-refractivity contribution in [2.45, 2.75) is 39.3 Å². The fraction of sp³-hybridized carbons (Fsp3) is 0.375. The molecule has 0 aromatic carbocycles. The minimum Gasteiger partial charge on any atom is -0.362 e. The SMILES string of the molecule is Cc1cc(N(Cc2cccs2)C2CC2)c(C#N)c(C)n1. The summed E-state index contributed by atoms with van der Waals surface area (Å²) < 4.78 is 0. The van der Waals surface area contributed by atoms with Crippen LogP contribution in [-0.2, 0) is 6.54 Å². The normalized spacial score (nSPS) is 14.1. The summed E-state index contributed by atoms with van der Waals surface area (Å²) in [6, 6.07) is 9.20. The van der Waals surface area contributed by atoms with Crippen molar-refractivity contribution in [2.75, 3.05) is 4.90 Å². The average Bonchev–Trinajstić information content (AvgIpc) is 3.12. The van der Waals surface area contributed by atoms with E-state index in [1.54, 1.807) is 11.3 Å². The van der Waals surface area contributed by atoms with Gasteiger partial charge in [-0.2, -0.15) is 5.26 Å². The molecule has 0 amide bonds. The first-order valence-corrected chi connectivity index (χ1v) is 7.74. The molecule has 102 valence electrons. The zero-order chi connectivity index (χ0) is 14.1. The highest BCUT2D eigenvalue weighted by atomic mass is 32.1. The van der Waals surface area contributed by atoms with Crippen LogP contribution in [0.25, 0.3) is 0 Å². The number of anilines is 1. The number of thiophene rings is 1. The van der Waals surface area contributed by atoms with Crippen LogP contribution >= 0.6 is 11.3 Å². The van der Waals surface area contributed by atoms with Gasteiger partial charge < -0.3 is 4.90 Å². The number of hydrogen-bond donors (Lipinski definition) is 0. The van der Waals surface area contributed by atoms with Gasteiger partial charge >= 0.3 is 0 Å². The van der Waals surface area contributed by atoms with Crippen molar-refractivity contribution in [3.63, 3.8) is 0 Å². The molecule has 4 heteroatoms. The predicted molar refractivity (Wildman–Crippen MR) is 82.0 cm³/mol. The molecule has 0 aliphatic heterocycles. The summed E-state index contributed by atoms with van der Waals surface area (Å²) >= 11 is 1.77. The van der Waals surface area contributed by atoms with Gasteiger partial charge in [0.15, 0.2) is 0 Å². The van der Waals surface area contributed by atoms with Crippen molar-refractivity contribution >= 4 is 17.0 Å². The lowest BCUT2D eigenvalue weighted by atomic mass is 10.1. The average molecular weight is 283 g/mol. The molecule has 1 saturated carbocycles. The summed E-state index contributed by atoms with van der Waals surface area (Å²) in [5, 5.41) is 11.6. The Morgan fingerprint density at radius 1 is 1.45 bits per heavy atom. The molecule has 0 atom stereocenters. The summed E-state index contributed by atoms with van der Waals surface area (Å²) in [5.41, 5.74) is 3.58. The third-order valence-corrected chi connectivity index (χ3v) is 4.48. The summed E-state index contributed by atoms with van der Waals surface area (Å²) in [6.45, 7) is 4.80. The number of nitriles is 1. The van der Waals surface area contributed by atoms with Gasteiger partial charge in [-0.25, -0.2) is 0 Å². The van der Waals surface area contributed by atoms with E-state index in [0.29, 0.717) is 6.04 Å². The summed E-state index contributed by atoms with van der Waals surface area (Å²) in [4.78, 5) is 8.14. The Morgan fingerprint density at radius 2 is 2.25 bits per heavy atom. The smallest absolute Gasteiger partial charge is 0.103 e. The summed E-state index contributed by atoms with van der Waals surface area (Å²) in [6.07, 6.45) is 2.44. The molecule has 20 heavy (non-hydrogen) atoms. The van der Waals surface area contributed by atoms with Crippen LogP contribution in [-0.4, -0.2) is 11.0 Å². The Bertz CT molecular complexity index is 651. The molecular weight excluding hydrogens is 266 g/mol. The fourth-order valence-corrected chi connectivity index (χ4v) is 3.24. The van der Waals surface area contributed by atoms with E-state index in [4.69, 9.17) is 0 Å². The van der Waals surface area contributed by atoms with Crippen molar-refractivity contribution in [3.05, 3.63) is 45.4 Å². The monoisotopic (exact) mass is 283 g/mol. The lowest BCUT2D eigenvalue weighted by Gasteiger charge is -2.26. The maximum Gasteiger partial charge on any atom is 0.103 e. The molecule has 0 spiro atoms.